The smallest absolute Gasteiger partial charge is 0.220 e. The van der Waals surface area contributed by atoms with Crippen LogP contribution >= 0.6 is 0 Å². The van der Waals surface area contributed by atoms with Gasteiger partial charge < -0.3 is 23.4 Å². The molecular formula is C23H30NO5+. The van der Waals surface area contributed by atoms with E-state index in [0.29, 0.717) is 23.0 Å². The number of rotatable bonds is 5. The second-order valence-corrected chi connectivity index (χ2v) is 8.13. The van der Waals surface area contributed by atoms with Crippen LogP contribution < -0.4 is 24.4 Å². The Balaban J connectivity index is 2.47. The highest BCUT2D eigenvalue weighted by molar-refractivity contribution is 5.82. The van der Waals surface area contributed by atoms with Crippen molar-refractivity contribution in [3.63, 3.8) is 0 Å². The maximum atomic E-state index is 12.5. The third-order valence-electron chi connectivity index (χ3n) is 5.62. The lowest BCUT2D eigenvalue weighted by molar-refractivity contribution is -0.902. The van der Waals surface area contributed by atoms with Gasteiger partial charge in [-0.2, -0.15) is 0 Å². The average molecular weight is 400 g/mol. The number of fused-ring (bicyclic) bond motifs is 3. The lowest BCUT2D eigenvalue weighted by Gasteiger charge is -2.34. The van der Waals surface area contributed by atoms with Crippen LogP contribution in [-0.4, -0.2) is 54.1 Å². The number of nitrogens with zero attached hydrogens (tertiary/aromatic N) is 1. The van der Waals surface area contributed by atoms with E-state index in [-0.39, 0.29) is 11.5 Å². The molecule has 1 aliphatic carbocycles. The van der Waals surface area contributed by atoms with Gasteiger partial charge in [-0.3, -0.25) is 4.79 Å². The van der Waals surface area contributed by atoms with E-state index in [4.69, 9.17) is 18.9 Å². The molecule has 6 nitrogen and oxygen atoms in total. The minimum atomic E-state index is -0.151. The summed E-state index contributed by atoms with van der Waals surface area (Å²) in [7, 11) is 12.9. The van der Waals surface area contributed by atoms with Crippen LogP contribution in [0.25, 0.3) is 11.1 Å². The minimum Gasteiger partial charge on any atom is -0.493 e. The topological polar surface area (TPSA) is 54.0 Å². The quantitative estimate of drug-likeness (QED) is 0.720. The Bertz CT molecular complexity index is 978. The number of quaternary nitrogens is 1. The first-order valence-electron chi connectivity index (χ1n) is 9.62. The van der Waals surface area contributed by atoms with Crippen LogP contribution in [0, 0.1) is 0 Å². The molecule has 0 aliphatic heterocycles. The van der Waals surface area contributed by atoms with E-state index in [0.717, 1.165) is 39.6 Å². The zero-order valence-electron chi connectivity index (χ0n) is 18.3. The molecule has 2 aromatic rings. The number of aryl methyl sites for hydroxylation is 1. The summed E-state index contributed by atoms with van der Waals surface area (Å²) in [5.74, 6) is 2.13. The maximum Gasteiger partial charge on any atom is 0.220 e. The zero-order valence-corrected chi connectivity index (χ0v) is 18.3. The van der Waals surface area contributed by atoms with Crippen molar-refractivity contribution in [3.05, 3.63) is 45.6 Å². The molecule has 1 aliphatic rings. The van der Waals surface area contributed by atoms with Crippen molar-refractivity contribution in [3.8, 4) is 34.1 Å². The molecule has 0 amide bonds. The van der Waals surface area contributed by atoms with E-state index in [1.54, 1.807) is 27.4 Å². The van der Waals surface area contributed by atoms with Gasteiger partial charge in [0.15, 0.2) is 17.2 Å². The second-order valence-electron chi connectivity index (χ2n) is 8.13. The van der Waals surface area contributed by atoms with Crippen LogP contribution in [0.1, 0.15) is 23.6 Å². The Morgan fingerprint density at radius 1 is 0.862 bits per heavy atom. The molecule has 0 radical (unpaired) electrons. The van der Waals surface area contributed by atoms with E-state index in [1.807, 2.05) is 18.2 Å². The molecule has 0 aromatic heterocycles. The fourth-order valence-electron chi connectivity index (χ4n) is 4.24. The Morgan fingerprint density at radius 2 is 1.52 bits per heavy atom. The number of methoxy groups -OCH3 is 4. The lowest BCUT2D eigenvalue weighted by Crippen LogP contribution is -2.39. The highest BCUT2D eigenvalue weighted by atomic mass is 16.5. The van der Waals surface area contributed by atoms with Gasteiger partial charge in [-0.15, -0.1) is 0 Å². The highest BCUT2D eigenvalue weighted by Gasteiger charge is 2.34. The van der Waals surface area contributed by atoms with E-state index in [9.17, 15) is 4.79 Å². The molecule has 0 spiro atoms. The number of benzene rings is 1. The summed E-state index contributed by atoms with van der Waals surface area (Å²) in [4.78, 5) is 12.5. The summed E-state index contributed by atoms with van der Waals surface area (Å²) in [6.07, 6.45) is 1.75. The van der Waals surface area contributed by atoms with Gasteiger partial charge in [-0.25, -0.2) is 0 Å². The fourth-order valence-corrected chi connectivity index (χ4v) is 4.24. The predicted molar refractivity (Wildman–Crippen MR) is 113 cm³/mol. The molecule has 0 saturated heterocycles. The van der Waals surface area contributed by atoms with Crippen molar-refractivity contribution in [2.24, 2.45) is 0 Å². The highest BCUT2D eigenvalue weighted by Crippen LogP contribution is 2.51. The Kier molecular flexibility index (Phi) is 5.75. The first-order chi connectivity index (χ1) is 13.8. The van der Waals surface area contributed by atoms with Crippen LogP contribution in [0.3, 0.4) is 0 Å². The number of hydrogen-bond donors (Lipinski definition) is 0. The van der Waals surface area contributed by atoms with Crippen LogP contribution in [0.5, 0.6) is 23.0 Å². The van der Waals surface area contributed by atoms with Crippen molar-refractivity contribution in [2.45, 2.75) is 18.9 Å². The third kappa shape index (κ3) is 3.65. The Morgan fingerprint density at radius 3 is 2.07 bits per heavy atom. The fraction of sp³-hybridized carbons (Fsp3) is 0.435. The second kappa shape index (κ2) is 7.95. The van der Waals surface area contributed by atoms with Gasteiger partial charge in [0.2, 0.25) is 11.2 Å². The molecule has 3 rings (SSSR count). The van der Waals surface area contributed by atoms with Gasteiger partial charge in [0.05, 0.1) is 49.6 Å². The van der Waals surface area contributed by atoms with Gasteiger partial charge in [0, 0.05) is 17.5 Å². The monoisotopic (exact) mass is 400 g/mol. The minimum absolute atomic E-state index is 0.151. The predicted octanol–water partition coefficient (Wildman–Crippen LogP) is 3.44. The van der Waals surface area contributed by atoms with E-state index >= 15 is 0 Å². The summed E-state index contributed by atoms with van der Waals surface area (Å²) in [5, 5.41) is 0. The van der Waals surface area contributed by atoms with Gasteiger partial charge in [-0.1, -0.05) is 0 Å². The molecule has 0 unspecified atom stereocenters. The third-order valence-corrected chi connectivity index (χ3v) is 5.62. The standard InChI is InChI=1S/C23H30NO5/c1-24(2,3)17-10-8-14-12-20(27-5)22(28-6)23(29-7)21(14)15-9-11-18(25)19(26-4)13-16(15)17/h9,11-13,17H,8,10H2,1-7H3/q+1/t17-/m0/s1. The summed E-state index contributed by atoms with van der Waals surface area (Å²) in [6, 6.07) is 7.51. The van der Waals surface area contributed by atoms with Gasteiger partial charge in [0.25, 0.3) is 0 Å². The van der Waals surface area contributed by atoms with Crippen LogP contribution in [-0.2, 0) is 6.42 Å². The van der Waals surface area contributed by atoms with Crippen LogP contribution in [0.15, 0.2) is 29.1 Å². The molecule has 0 heterocycles. The molecule has 0 saturated carbocycles. The largest absolute Gasteiger partial charge is 0.493 e. The molecule has 156 valence electrons. The van der Waals surface area contributed by atoms with Crippen molar-refractivity contribution in [1.29, 1.82) is 0 Å². The van der Waals surface area contributed by atoms with Gasteiger partial charge in [0.1, 0.15) is 6.04 Å². The molecule has 0 bridgehead atoms. The maximum absolute atomic E-state index is 12.5. The van der Waals surface area contributed by atoms with E-state index in [1.165, 1.54) is 7.11 Å². The molecule has 2 aromatic carbocycles. The summed E-state index contributed by atoms with van der Waals surface area (Å²) in [6.45, 7) is 0. The molecular weight excluding hydrogens is 370 g/mol. The van der Waals surface area contributed by atoms with Gasteiger partial charge >= 0.3 is 0 Å². The molecule has 0 N–H and O–H groups in total. The zero-order chi connectivity index (χ0) is 21.3. The molecule has 0 fully saturated rings. The first kappa shape index (κ1) is 21.0. The SMILES string of the molecule is COc1cc2c(c(OC)c1OC)-c1ccc(=O)c(OC)cc1[C@@H]([N+](C)(C)C)CC2. The summed E-state index contributed by atoms with van der Waals surface area (Å²) in [5.41, 5.74) is 3.90. The van der Waals surface area contributed by atoms with Crippen molar-refractivity contribution in [1.82, 2.24) is 0 Å². The summed E-state index contributed by atoms with van der Waals surface area (Å²) >= 11 is 0. The van der Waals surface area contributed by atoms with Crippen LogP contribution in [0.4, 0.5) is 0 Å². The molecule has 1 atom stereocenters. The molecule has 29 heavy (non-hydrogen) atoms. The Labute approximate surface area is 172 Å². The van der Waals surface area contributed by atoms with E-state index < -0.39 is 0 Å². The number of hydrogen-bond acceptors (Lipinski definition) is 5. The van der Waals surface area contributed by atoms with Crippen LogP contribution in [0.2, 0.25) is 0 Å². The van der Waals surface area contributed by atoms with Gasteiger partial charge in [-0.05, 0) is 41.8 Å². The van der Waals surface area contributed by atoms with Crippen molar-refractivity contribution < 1.29 is 23.4 Å². The normalized spacial score (nSPS) is 15.6. The summed E-state index contributed by atoms with van der Waals surface area (Å²) < 4.78 is 23.1. The average Bonchev–Trinajstić information content (AvgIpc) is 2.94. The van der Waals surface area contributed by atoms with E-state index in [2.05, 4.69) is 21.1 Å². The number of ether oxygens (including phenoxy) is 4. The molecule has 6 heteroatoms. The lowest BCUT2D eigenvalue weighted by atomic mass is 9.95. The van der Waals surface area contributed by atoms with Crippen molar-refractivity contribution >= 4 is 0 Å². The Hall–Kier alpha value is -2.73. The van der Waals surface area contributed by atoms with Crippen molar-refractivity contribution in [2.75, 3.05) is 49.6 Å². The first-order valence-corrected chi connectivity index (χ1v) is 9.62.